The van der Waals surface area contributed by atoms with Crippen LogP contribution in [-0.2, 0) is 11.3 Å². The van der Waals surface area contributed by atoms with Crippen molar-refractivity contribution in [3.05, 3.63) is 29.6 Å². The lowest BCUT2D eigenvalue weighted by Gasteiger charge is -2.35. The Labute approximate surface area is 169 Å². The highest BCUT2D eigenvalue weighted by atomic mass is 19.4. The van der Waals surface area contributed by atoms with Crippen LogP contribution in [0.2, 0.25) is 0 Å². The number of rotatable bonds is 8. The first-order chi connectivity index (χ1) is 13.6. The molecule has 9 heteroatoms. The van der Waals surface area contributed by atoms with Gasteiger partial charge in [0.2, 0.25) is 5.91 Å². The molecular weight excluding hydrogens is 390 g/mol. The maximum absolute atomic E-state index is 13.8. The average molecular weight is 419 g/mol. The first-order valence-electron chi connectivity index (χ1n) is 9.69. The fourth-order valence-electron chi connectivity index (χ4n) is 3.37. The van der Waals surface area contributed by atoms with Gasteiger partial charge in [0.25, 0.3) is 0 Å². The van der Waals surface area contributed by atoms with Crippen LogP contribution < -0.4 is 4.74 Å². The molecule has 2 rings (SSSR count). The zero-order chi connectivity index (χ0) is 21.6. The van der Waals surface area contributed by atoms with Crippen LogP contribution >= 0.6 is 0 Å². The van der Waals surface area contributed by atoms with Crippen molar-refractivity contribution < 1.29 is 27.1 Å². The Hall–Kier alpha value is -1.87. The van der Waals surface area contributed by atoms with Crippen molar-refractivity contribution in [3.8, 4) is 5.75 Å². The quantitative estimate of drug-likeness (QED) is 0.607. The van der Waals surface area contributed by atoms with Crippen LogP contribution in [0.4, 0.5) is 17.6 Å². The second-order valence-electron chi connectivity index (χ2n) is 7.80. The van der Waals surface area contributed by atoms with E-state index in [1.54, 1.807) is 26.0 Å². The van der Waals surface area contributed by atoms with Crippen molar-refractivity contribution in [1.29, 1.82) is 0 Å². The van der Waals surface area contributed by atoms with Crippen molar-refractivity contribution >= 4 is 5.91 Å². The molecular formula is C20H29F4N3O2. The summed E-state index contributed by atoms with van der Waals surface area (Å²) in [6.45, 7) is 5.46. The molecule has 1 aliphatic heterocycles. The van der Waals surface area contributed by atoms with Crippen LogP contribution in [0.15, 0.2) is 18.2 Å². The Morgan fingerprint density at radius 3 is 2.31 bits per heavy atom. The van der Waals surface area contributed by atoms with E-state index in [1.165, 1.54) is 13.2 Å². The molecule has 1 saturated heterocycles. The van der Waals surface area contributed by atoms with Crippen molar-refractivity contribution in [2.45, 2.75) is 26.6 Å². The van der Waals surface area contributed by atoms with E-state index in [9.17, 15) is 22.4 Å². The standard InChI is InChI=1S/C20H29F4N3O2/c1-15(2)11-27(14-20(22,23)24)19(28)13-26-8-6-25(7-9-26)12-16-4-5-18(29-3)17(21)10-16/h4-5,10,15H,6-9,11-14H2,1-3H3. The van der Waals surface area contributed by atoms with E-state index < -0.39 is 24.4 Å². The average Bonchev–Trinajstić information content (AvgIpc) is 2.61. The summed E-state index contributed by atoms with van der Waals surface area (Å²) in [5.41, 5.74) is 0.820. The summed E-state index contributed by atoms with van der Waals surface area (Å²) in [6, 6.07) is 4.83. The van der Waals surface area contributed by atoms with Crippen molar-refractivity contribution in [2.24, 2.45) is 5.92 Å². The lowest BCUT2D eigenvalue weighted by Crippen LogP contribution is -2.51. The third-order valence-electron chi connectivity index (χ3n) is 4.75. The number of hydrogen-bond acceptors (Lipinski definition) is 4. The monoisotopic (exact) mass is 419 g/mol. The van der Waals surface area contributed by atoms with Gasteiger partial charge in [-0.2, -0.15) is 13.2 Å². The summed E-state index contributed by atoms with van der Waals surface area (Å²) in [5.74, 6) is -0.754. The lowest BCUT2D eigenvalue weighted by atomic mass is 10.1. The summed E-state index contributed by atoms with van der Waals surface area (Å²) < 4.78 is 57.1. The highest BCUT2D eigenvalue weighted by Crippen LogP contribution is 2.20. The molecule has 0 aromatic heterocycles. The molecule has 5 nitrogen and oxygen atoms in total. The molecule has 1 aromatic carbocycles. The molecule has 1 aromatic rings. The van der Waals surface area contributed by atoms with Crippen molar-refractivity contribution in [1.82, 2.24) is 14.7 Å². The normalized spacial score (nSPS) is 16.3. The third-order valence-corrected chi connectivity index (χ3v) is 4.75. The molecule has 0 bridgehead atoms. The Bertz CT molecular complexity index is 674. The van der Waals surface area contributed by atoms with Gasteiger partial charge < -0.3 is 9.64 Å². The van der Waals surface area contributed by atoms with Crippen LogP contribution in [0.1, 0.15) is 19.4 Å². The first kappa shape index (κ1) is 23.4. The van der Waals surface area contributed by atoms with Crippen LogP contribution in [-0.4, -0.2) is 79.7 Å². The fourth-order valence-corrected chi connectivity index (χ4v) is 3.37. The number of hydrogen-bond donors (Lipinski definition) is 0. The summed E-state index contributed by atoms with van der Waals surface area (Å²) in [6.07, 6.45) is -4.41. The van der Waals surface area contributed by atoms with Crippen LogP contribution in [0, 0.1) is 11.7 Å². The highest BCUT2D eigenvalue weighted by molar-refractivity contribution is 5.78. The Morgan fingerprint density at radius 2 is 1.79 bits per heavy atom. The Kier molecular flexibility index (Phi) is 8.27. The number of amides is 1. The number of ether oxygens (including phenoxy) is 1. The summed E-state index contributed by atoms with van der Waals surface area (Å²) in [4.78, 5) is 17.3. The molecule has 1 aliphatic rings. The molecule has 29 heavy (non-hydrogen) atoms. The smallest absolute Gasteiger partial charge is 0.406 e. The van der Waals surface area contributed by atoms with E-state index in [1.807, 2.05) is 4.90 Å². The van der Waals surface area contributed by atoms with E-state index in [2.05, 4.69) is 4.90 Å². The SMILES string of the molecule is COc1ccc(CN2CCN(CC(=O)N(CC(C)C)CC(F)(F)F)CC2)cc1F. The third kappa shape index (κ3) is 7.81. The predicted molar refractivity (Wildman–Crippen MR) is 102 cm³/mol. The van der Waals surface area contributed by atoms with Crippen LogP contribution in [0.5, 0.6) is 5.75 Å². The van der Waals surface area contributed by atoms with Gasteiger partial charge in [0, 0.05) is 39.3 Å². The number of methoxy groups -OCH3 is 1. The lowest BCUT2D eigenvalue weighted by molar-refractivity contribution is -0.163. The zero-order valence-electron chi connectivity index (χ0n) is 17.1. The highest BCUT2D eigenvalue weighted by Gasteiger charge is 2.34. The predicted octanol–water partition coefficient (Wildman–Crippen LogP) is 3.00. The first-order valence-corrected chi connectivity index (χ1v) is 9.69. The minimum atomic E-state index is -4.41. The largest absolute Gasteiger partial charge is 0.494 e. The maximum atomic E-state index is 13.8. The van der Waals surface area contributed by atoms with E-state index in [0.29, 0.717) is 32.7 Å². The number of nitrogens with zero attached hydrogens (tertiary/aromatic N) is 3. The molecule has 0 spiro atoms. The van der Waals surface area contributed by atoms with E-state index in [0.717, 1.165) is 10.5 Å². The van der Waals surface area contributed by atoms with Crippen LogP contribution in [0.25, 0.3) is 0 Å². The molecule has 1 amide bonds. The number of piperazine rings is 1. The molecule has 164 valence electrons. The van der Waals surface area contributed by atoms with Gasteiger partial charge in [0.05, 0.1) is 13.7 Å². The number of benzene rings is 1. The van der Waals surface area contributed by atoms with Gasteiger partial charge in [-0.05, 0) is 23.6 Å². The fraction of sp³-hybridized carbons (Fsp3) is 0.650. The molecule has 0 saturated carbocycles. The van der Waals surface area contributed by atoms with Gasteiger partial charge in [-0.25, -0.2) is 4.39 Å². The molecule has 1 fully saturated rings. The Morgan fingerprint density at radius 1 is 1.17 bits per heavy atom. The zero-order valence-corrected chi connectivity index (χ0v) is 17.1. The van der Waals surface area contributed by atoms with Gasteiger partial charge in [0.1, 0.15) is 6.54 Å². The molecule has 0 unspecified atom stereocenters. The molecule has 0 radical (unpaired) electrons. The number of carbonyl (C=O) groups excluding carboxylic acids is 1. The van der Waals surface area contributed by atoms with E-state index in [4.69, 9.17) is 4.74 Å². The second kappa shape index (κ2) is 10.2. The summed E-state index contributed by atoms with van der Waals surface area (Å²) in [5, 5.41) is 0. The van der Waals surface area contributed by atoms with Gasteiger partial charge in [0.15, 0.2) is 11.6 Å². The van der Waals surface area contributed by atoms with Gasteiger partial charge in [-0.15, -0.1) is 0 Å². The molecule has 1 heterocycles. The van der Waals surface area contributed by atoms with Gasteiger partial charge in [-0.1, -0.05) is 19.9 Å². The van der Waals surface area contributed by atoms with Crippen molar-refractivity contribution in [2.75, 3.05) is 52.9 Å². The minimum Gasteiger partial charge on any atom is -0.494 e. The Balaban J connectivity index is 1.84. The number of halogens is 4. The topological polar surface area (TPSA) is 36.0 Å². The van der Waals surface area contributed by atoms with Gasteiger partial charge in [-0.3, -0.25) is 14.6 Å². The van der Waals surface area contributed by atoms with Gasteiger partial charge >= 0.3 is 6.18 Å². The summed E-state index contributed by atoms with van der Waals surface area (Å²) in [7, 11) is 1.41. The minimum absolute atomic E-state index is 0.0200. The van der Waals surface area contributed by atoms with E-state index in [-0.39, 0.29) is 24.8 Å². The molecule has 0 atom stereocenters. The maximum Gasteiger partial charge on any atom is 0.406 e. The molecule has 0 aliphatic carbocycles. The summed E-state index contributed by atoms with van der Waals surface area (Å²) >= 11 is 0. The second-order valence-corrected chi connectivity index (χ2v) is 7.80. The number of carbonyl (C=O) groups is 1. The van der Waals surface area contributed by atoms with Crippen molar-refractivity contribution in [3.63, 3.8) is 0 Å². The molecule has 0 N–H and O–H groups in total. The van der Waals surface area contributed by atoms with Crippen LogP contribution in [0.3, 0.4) is 0 Å². The number of alkyl halides is 3. The van der Waals surface area contributed by atoms with E-state index >= 15 is 0 Å².